The minimum atomic E-state index is -0.368. The van der Waals surface area contributed by atoms with E-state index >= 15 is 0 Å². The first-order valence-electron chi connectivity index (χ1n) is 8.98. The van der Waals surface area contributed by atoms with Gasteiger partial charge in [-0.15, -0.1) is 0 Å². The number of ether oxygens (including phenoxy) is 1. The summed E-state index contributed by atoms with van der Waals surface area (Å²) in [5.41, 5.74) is 7.14. The van der Waals surface area contributed by atoms with Gasteiger partial charge in [-0.25, -0.2) is 0 Å². The molecule has 5 nitrogen and oxygen atoms in total. The van der Waals surface area contributed by atoms with Gasteiger partial charge in [0.25, 0.3) is 0 Å². The molecule has 5 heteroatoms. The predicted octanol–water partition coefficient (Wildman–Crippen LogP) is 2.30. The van der Waals surface area contributed by atoms with Crippen LogP contribution in [0.3, 0.4) is 0 Å². The fourth-order valence-corrected chi connectivity index (χ4v) is 4.01. The molecule has 3 atom stereocenters. The van der Waals surface area contributed by atoms with Crippen LogP contribution in [0.25, 0.3) is 0 Å². The molecule has 2 fully saturated rings. The second-order valence-electron chi connectivity index (χ2n) is 7.45. The molecule has 3 unspecified atom stereocenters. The van der Waals surface area contributed by atoms with Crippen molar-refractivity contribution in [2.24, 2.45) is 11.7 Å². The molecule has 0 aromatic heterocycles. The molecule has 3 N–H and O–H groups in total. The van der Waals surface area contributed by atoms with Crippen LogP contribution in [-0.4, -0.2) is 37.7 Å². The highest BCUT2D eigenvalue weighted by molar-refractivity contribution is 5.80. The number of hydrogen-bond acceptors (Lipinski definition) is 4. The Hall–Kier alpha value is -1.75. The zero-order valence-electron chi connectivity index (χ0n) is 14.8. The summed E-state index contributed by atoms with van der Waals surface area (Å²) in [7, 11) is 1.68. The van der Waals surface area contributed by atoms with Gasteiger partial charge in [0.15, 0.2) is 0 Å². The fourth-order valence-electron chi connectivity index (χ4n) is 4.01. The molecule has 1 heterocycles. The molecule has 1 aromatic carbocycles. The summed E-state index contributed by atoms with van der Waals surface area (Å²) in [4.78, 5) is 15.0. The Bertz CT molecular complexity index is 588. The minimum Gasteiger partial charge on any atom is -0.497 e. The molecule has 0 spiro atoms. The second-order valence-corrected chi connectivity index (χ2v) is 7.45. The molecule has 132 valence electrons. The predicted molar refractivity (Wildman–Crippen MR) is 96.3 cm³/mol. The van der Waals surface area contributed by atoms with Gasteiger partial charge in [-0.2, -0.15) is 0 Å². The molecule has 1 saturated heterocycles. The van der Waals surface area contributed by atoms with Crippen molar-refractivity contribution in [2.75, 3.05) is 25.1 Å². The summed E-state index contributed by atoms with van der Waals surface area (Å²) in [5.74, 6) is 0.940. The lowest BCUT2D eigenvalue weighted by molar-refractivity contribution is -0.128. The number of nitrogens with zero attached hydrogens (tertiary/aromatic N) is 1. The highest BCUT2D eigenvalue weighted by Gasteiger charge is 2.39. The Morgan fingerprint density at radius 3 is 2.96 bits per heavy atom. The van der Waals surface area contributed by atoms with Crippen molar-refractivity contribution in [1.82, 2.24) is 5.32 Å². The van der Waals surface area contributed by atoms with Crippen LogP contribution >= 0.6 is 0 Å². The topological polar surface area (TPSA) is 67.6 Å². The van der Waals surface area contributed by atoms with Crippen LogP contribution in [0.1, 0.15) is 39.0 Å². The van der Waals surface area contributed by atoms with Gasteiger partial charge in [0.05, 0.1) is 13.0 Å². The SMILES string of the molecule is COc1cccc(N2CCC(NC(=O)C3CCCCC3(C)N)C2)c1. The molecular weight excluding hydrogens is 302 g/mol. The molecule has 1 aliphatic carbocycles. The molecular formula is C19H29N3O2. The molecule has 1 saturated carbocycles. The number of anilines is 1. The molecule has 1 aliphatic heterocycles. The highest BCUT2D eigenvalue weighted by atomic mass is 16.5. The van der Waals surface area contributed by atoms with Crippen molar-refractivity contribution < 1.29 is 9.53 Å². The zero-order valence-corrected chi connectivity index (χ0v) is 14.8. The number of hydrogen-bond donors (Lipinski definition) is 2. The van der Waals surface area contributed by atoms with E-state index in [0.29, 0.717) is 0 Å². The van der Waals surface area contributed by atoms with E-state index in [1.807, 2.05) is 25.1 Å². The maximum atomic E-state index is 12.7. The number of benzene rings is 1. The number of methoxy groups -OCH3 is 1. The maximum absolute atomic E-state index is 12.7. The van der Waals surface area contributed by atoms with E-state index in [1.165, 1.54) is 0 Å². The Labute approximate surface area is 144 Å². The van der Waals surface area contributed by atoms with Crippen molar-refractivity contribution in [2.45, 2.75) is 50.6 Å². The van der Waals surface area contributed by atoms with Crippen LogP contribution in [0.15, 0.2) is 24.3 Å². The third kappa shape index (κ3) is 3.66. The Balaban J connectivity index is 1.58. The number of carbonyl (C=O) groups is 1. The summed E-state index contributed by atoms with van der Waals surface area (Å²) >= 11 is 0. The smallest absolute Gasteiger partial charge is 0.225 e. The van der Waals surface area contributed by atoms with Crippen LogP contribution in [0, 0.1) is 5.92 Å². The molecule has 2 aliphatic rings. The summed E-state index contributed by atoms with van der Waals surface area (Å²) in [6.07, 6.45) is 5.04. The van der Waals surface area contributed by atoms with Gasteiger partial charge in [-0.3, -0.25) is 4.79 Å². The van der Waals surface area contributed by atoms with E-state index in [0.717, 1.165) is 56.6 Å². The number of rotatable bonds is 4. The van der Waals surface area contributed by atoms with Gasteiger partial charge in [0.2, 0.25) is 5.91 Å². The van der Waals surface area contributed by atoms with E-state index in [4.69, 9.17) is 10.5 Å². The Kier molecular flexibility index (Phi) is 4.99. The third-order valence-electron chi connectivity index (χ3n) is 5.52. The van der Waals surface area contributed by atoms with Crippen molar-refractivity contribution in [1.29, 1.82) is 0 Å². The van der Waals surface area contributed by atoms with Gasteiger partial charge in [0, 0.05) is 36.4 Å². The van der Waals surface area contributed by atoms with E-state index in [-0.39, 0.29) is 23.4 Å². The number of amides is 1. The summed E-state index contributed by atoms with van der Waals surface area (Å²) in [5, 5.41) is 3.24. The average molecular weight is 331 g/mol. The summed E-state index contributed by atoms with van der Waals surface area (Å²) in [6, 6.07) is 8.28. The van der Waals surface area contributed by atoms with E-state index in [1.54, 1.807) is 7.11 Å². The lowest BCUT2D eigenvalue weighted by Gasteiger charge is -2.37. The van der Waals surface area contributed by atoms with Crippen molar-refractivity contribution >= 4 is 11.6 Å². The van der Waals surface area contributed by atoms with Crippen LogP contribution in [0.2, 0.25) is 0 Å². The standard InChI is InChI=1S/C19H29N3O2/c1-19(20)10-4-3-8-17(19)18(23)21-14-9-11-22(13-14)15-6-5-7-16(12-15)24-2/h5-7,12,14,17H,3-4,8-11,13,20H2,1-2H3,(H,21,23). The Morgan fingerprint density at radius 2 is 2.21 bits per heavy atom. The van der Waals surface area contributed by atoms with Crippen LogP contribution in [0.5, 0.6) is 5.75 Å². The third-order valence-corrected chi connectivity index (χ3v) is 5.52. The van der Waals surface area contributed by atoms with E-state index in [2.05, 4.69) is 16.3 Å². The average Bonchev–Trinajstić information content (AvgIpc) is 3.03. The number of nitrogens with two attached hydrogens (primary N) is 1. The maximum Gasteiger partial charge on any atom is 0.225 e. The van der Waals surface area contributed by atoms with Crippen LogP contribution in [-0.2, 0) is 4.79 Å². The molecule has 3 rings (SSSR count). The van der Waals surface area contributed by atoms with Gasteiger partial charge in [-0.05, 0) is 38.3 Å². The first kappa shape index (κ1) is 17.1. The Morgan fingerprint density at radius 1 is 1.38 bits per heavy atom. The van der Waals surface area contributed by atoms with Crippen LogP contribution < -0.4 is 20.7 Å². The van der Waals surface area contributed by atoms with Crippen molar-refractivity contribution in [3.8, 4) is 5.75 Å². The molecule has 0 radical (unpaired) electrons. The second kappa shape index (κ2) is 7.01. The number of nitrogens with one attached hydrogen (secondary N) is 1. The van der Waals surface area contributed by atoms with Crippen molar-refractivity contribution in [3.05, 3.63) is 24.3 Å². The largest absolute Gasteiger partial charge is 0.497 e. The van der Waals surface area contributed by atoms with Gasteiger partial charge in [-0.1, -0.05) is 18.9 Å². The first-order valence-corrected chi connectivity index (χ1v) is 8.98. The monoisotopic (exact) mass is 331 g/mol. The molecule has 1 aromatic rings. The van der Waals surface area contributed by atoms with Gasteiger partial charge in [0.1, 0.15) is 5.75 Å². The lowest BCUT2D eigenvalue weighted by atomic mass is 9.74. The molecule has 24 heavy (non-hydrogen) atoms. The normalized spacial score (nSPS) is 30.2. The highest BCUT2D eigenvalue weighted by Crippen LogP contribution is 2.32. The first-order chi connectivity index (χ1) is 11.5. The van der Waals surface area contributed by atoms with Crippen LogP contribution in [0.4, 0.5) is 5.69 Å². The number of carbonyl (C=O) groups excluding carboxylic acids is 1. The fraction of sp³-hybridized carbons (Fsp3) is 0.632. The summed E-state index contributed by atoms with van der Waals surface area (Å²) in [6.45, 7) is 3.81. The van der Waals surface area contributed by atoms with Gasteiger partial charge >= 0.3 is 0 Å². The minimum absolute atomic E-state index is 0.0582. The summed E-state index contributed by atoms with van der Waals surface area (Å²) < 4.78 is 5.30. The van der Waals surface area contributed by atoms with Gasteiger partial charge < -0.3 is 20.7 Å². The quantitative estimate of drug-likeness (QED) is 0.888. The lowest BCUT2D eigenvalue weighted by Crippen LogP contribution is -2.54. The van der Waals surface area contributed by atoms with E-state index in [9.17, 15) is 4.79 Å². The molecule has 0 bridgehead atoms. The molecule has 1 amide bonds. The van der Waals surface area contributed by atoms with Crippen molar-refractivity contribution in [3.63, 3.8) is 0 Å². The zero-order chi connectivity index (χ0) is 17.2. The van der Waals surface area contributed by atoms with E-state index < -0.39 is 0 Å².